The topological polar surface area (TPSA) is 123 Å². The normalized spacial score (nSPS) is 13.4. The number of hydrogen-bond acceptors (Lipinski definition) is 7. The summed E-state index contributed by atoms with van der Waals surface area (Å²) in [6.07, 6.45) is 0.660. The van der Waals surface area contributed by atoms with Crippen LogP contribution in [0.15, 0.2) is 65.1 Å². The Balaban J connectivity index is 1.62. The van der Waals surface area contributed by atoms with Gasteiger partial charge >= 0.3 is 6.09 Å². The summed E-state index contributed by atoms with van der Waals surface area (Å²) in [6.45, 7) is 7.59. The van der Waals surface area contributed by atoms with Gasteiger partial charge in [0.15, 0.2) is 0 Å². The second-order valence-corrected chi connectivity index (χ2v) is 9.57. The van der Waals surface area contributed by atoms with Gasteiger partial charge in [-0.2, -0.15) is 0 Å². The predicted molar refractivity (Wildman–Crippen MR) is 143 cm³/mol. The van der Waals surface area contributed by atoms with Crippen LogP contribution in [0.3, 0.4) is 0 Å². The third-order valence-corrected chi connectivity index (χ3v) is 6.19. The van der Waals surface area contributed by atoms with Crippen LogP contribution in [-0.4, -0.2) is 40.1 Å². The summed E-state index contributed by atoms with van der Waals surface area (Å²) in [6, 6.07) is 17.4. The summed E-state index contributed by atoms with van der Waals surface area (Å²) in [5, 5.41) is 13.5. The molecular formula is C29H36N4O5. The number of hydrogen-bond donors (Lipinski definition) is 2. The number of amides is 2. The van der Waals surface area contributed by atoms with Crippen molar-refractivity contribution in [1.29, 1.82) is 0 Å². The number of alkyl carbamates (subject to hydrolysis) is 1. The summed E-state index contributed by atoms with van der Waals surface area (Å²) in [7, 11) is 0. The van der Waals surface area contributed by atoms with Crippen LogP contribution in [0.2, 0.25) is 0 Å². The van der Waals surface area contributed by atoms with Crippen molar-refractivity contribution in [1.82, 2.24) is 20.8 Å². The molecule has 0 aliphatic rings. The molecule has 1 aromatic heterocycles. The molecule has 9 heteroatoms. The molecule has 3 aromatic rings. The van der Waals surface area contributed by atoms with E-state index in [0.717, 1.165) is 17.5 Å². The highest BCUT2D eigenvalue weighted by molar-refractivity contribution is 6.38. The second kappa shape index (κ2) is 14.1. The van der Waals surface area contributed by atoms with Gasteiger partial charge in [0.25, 0.3) is 5.91 Å². The molecule has 0 unspecified atom stereocenters. The molecule has 2 N–H and O–H groups in total. The molecule has 3 atom stereocenters. The quantitative estimate of drug-likeness (QED) is 0.303. The van der Waals surface area contributed by atoms with Crippen LogP contribution in [0.25, 0.3) is 11.5 Å². The van der Waals surface area contributed by atoms with Gasteiger partial charge in [0.1, 0.15) is 12.1 Å². The van der Waals surface area contributed by atoms with Gasteiger partial charge in [-0.25, -0.2) is 4.79 Å². The van der Waals surface area contributed by atoms with E-state index in [1.54, 1.807) is 6.92 Å². The number of unbranched alkanes of at least 4 members (excludes halogenated alkanes) is 1. The van der Waals surface area contributed by atoms with Gasteiger partial charge < -0.3 is 19.8 Å². The van der Waals surface area contributed by atoms with Crippen LogP contribution in [0.1, 0.15) is 64.5 Å². The van der Waals surface area contributed by atoms with Crippen LogP contribution in [0, 0.1) is 5.92 Å². The molecule has 0 radical (unpaired) electrons. The minimum Gasteiger partial charge on any atom is -0.445 e. The molecule has 2 aromatic carbocycles. The average Bonchev–Trinajstić information content (AvgIpc) is 3.39. The highest BCUT2D eigenvalue weighted by atomic mass is 16.6. The molecule has 0 aliphatic heterocycles. The summed E-state index contributed by atoms with van der Waals surface area (Å²) in [5.74, 6) is -0.796. The van der Waals surface area contributed by atoms with Gasteiger partial charge in [-0.15, -0.1) is 10.2 Å². The van der Waals surface area contributed by atoms with E-state index < -0.39 is 29.9 Å². The van der Waals surface area contributed by atoms with Crippen molar-refractivity contribution in [3.05, 3.63) is 72.1 Å². The van der Waals surface area contributed by atoms with Gasteiger partial charge in [0.2, 0.25) is 17.6 Å². The van der Waals surface area contributed by atoms with E-state index in [4.69, 9.17) is 9.15 Å². The zero-order valence-electron chi connectivity index (χ0n) is 22.3. The lowest BCUT2D eigenvalue weighted by atomic mass is 10.0. The fraction of sp³-hybridized carbons (Fsp3) is 0.414. The highest BCUT2D eigenvalue weighted by Crippen LogP contribution is 2.20. The van der Waals surface area contributed by atoms with E-state index in [1.807, 2.05) is 81.4 Å². The summed E-state index contributed by atoms with van der Waals surface area (Å²) >= 11 is 0. The van der Waals surface area contributed by atoms with Crippen LogP contribution < -0.4 is 10.6 Å². The molecule has 2 amide bonds. The first kappa shape index (κ1) is 28.6. The Morgan fingerprint density at radius 2 is 1.58 bits per heavy atom. The monoisotopic (exact) mass is 520 g/mol. The summed E-state index contributed by atoms with van der Waals surface area (Å²) in [5.41, 5.74) is 1.67. The first-order valence-electron chi connectivity index (χ1n) is 13.0. The standard InChI is InChI=1S/C29H36N4O5/c1-5-6-17-23(26(34)27(35)30-20(4)21-13-9-7-10-14-21)31-29(36)37-24(19(2)3)18-25-32-33-28(38-25)22-15-11-8-12-16-22/h7-16,19-20,23-24H,5-6,17-18H2,1-4H3,(H,30,35)(H,31,36)/t20-,23+,24+/m1/s1. The summed E-state index contributed by atoms with van der Waals surface area (Å²) < 4.78 is 11.4. The first-order valence-corrected chi connectivity index (χ1v) is 13.0. The Hall–Kier alpha value is -4.01. The maximum Gasteiger partial charge on any atom is 0.408 e. The molecule has 0 spiro atoms. The Labute approximate surface area is 223 Å². The maximum absolute atomic E-state index is 13.0. The molecule has 3 rings (SSSR count). The van der Waals surface area contributed by atoms with Crippen molar-refractivity contribution in [3.8, 4) is 11.5 Å². The number of ether oxygens (including phenoxy) is 1. The molecule has 0 aliphatic carbocycles. The number of nitrogens with one attached hydrogen (secondary N) is 2. The van der Waals surface area contributed by atoms with Crippen molar-refractivity contribution in [2.75, 3.05) is 0 Å². The molecule has 0 fully saturated rings. The number of ketones is 1. The van der Waals surface area contributed by atoms with Crippen LogP contribution in [-0.2, 0) is 20.7 Å². The molecule has 0 saturated heterocycles. The number of carbonyl (C=O) groups is 3. The maximum atomic E-state index is 13.0. The van der Waals surface area contributed by atoms with E-state index in [1.165, 1.54) is 0 Å². The van der Waals surface area contributed by atoms with Crippen molar-refractivity contribution in [2.45, 2.75) is 71.6 Å². The zero-order valence-corrected chi connectivity index (χ0v) is 22.3. The largest absolute Gasteiger partial charge is 0.445 e. The van der Waals surface area contributed by atoms with Gasteiger partial charge in [0.05, 0.1) is 12.5 Å². The van der Waals surface area contributed by atoms with Gasteiger partial charge in [-0.1, -0.05) is 82.1 Å². The number of Topliss-reactive ketones (excluding diaryl/α,β-unsaturated/α-hetero) is 1. The molecule has 9 nitrogen and oxygen atoms in total. The SMILES string of the molecule is CCCC[C@H](NC(=O)O[C@@H](Cc1nnc(-c2ccccc2)o1)C(C)C)C(=O)C(=O)N[C@H](C)c1ccccc1. The van der Waals surface area contributed by atoms with Gasteiger partial charge in [-0.3, -0.25) is 9.59 Å². The Morgan fingerprint density at radius 3 is 2.21 bits per heavy atom. The summed E-state index contributed by atoms with van der Waals surface area (Å²) in [4.78, 5) is 38.5. The molecular weight excluding hydrogens is 484 g/mol. The molecule has 202 valence electrons. The third kappa shape index (κ3) is 8.26. The lowest BCUT2D eigenvalue weighted by molar-refractivity contribution is -0.139. The van der Waals surface area contributed by atoms with E-state index in [9.17, 15) is 14.4 Å². The second-order valence-electron chi connectivity index (χ2n) is 9.57. The Morgan fingerprint density at radius 1 is 0.921 bits per heavy atom. The number of nitrogens with zero attached hydrogens (tertiary/aromatic N) is 2. The fourth-order valence-corrected chi connectivity index (χ4v) is 3.86. The van der Waals surface area contributed by atoms with Crippen molar-refractivity contribution in [2.24, 2.45) is 5.92 Å². The Kier molecular flexibility index (Phi) is 10.6. The van der Waals surface area contributed by atoms with Crippen LogP contribution in [0.4, 0.5) is 4.79 Å². The fourth-order valence-electron chi connectivity index (χ4n) is 3.86. The minimum atomic E-state index is -0.994. The highest BCUT2D eigenvalue weighted by Gasteiger charge is 2.30. The molecule has 0 saturated carbocycles. The third-order valence-electron chi connectivity index (χ3n) is 6.19. The number of carbonyl (C=O) groups excluding carboxylic acids is 3. The number of benzene rings is 2. The Bertz CT molecular complexity index is 1180. The van der Waals surface area contributed by atoms with E-state index in [-0.39, 0.29) is 18.4 Å². The van der Waals surface area contributed by atoms with E-state index in [0.29, 0.717) is 24.6 Å². The lowest BCUT2D eigenvalue weighted by Crippen LogP contribution is -2.49. The van der Waals surface area contributed by atoms with E-state index in [2.05, 4.69) is 20.8 Å². The van der Waals surface area contributed by atoms with Crippen molar-refractivity contribution in [3.63, 3.8) is 0 Å². The lowest BCUT2D eigenvalue weighted by Gasteiger charge is -2.23. The minimum absolute atomic E-state index is 0.0624. The predicted octanol–water partition coefficient (Wildman–Crippen LogP) is 5.04. The molecule has 0 bridgehead atoms. The van der Waals surface area contributed by atoms with E-state index >= 15 is 0 Å². The van der Waals surface area contributed by atoms with Crippen molar-refractivity contribution < 1.29 is 23.5 Å². The number of aromatic nitrogens is 2. The zero-order chi connectivity index (χ0) is 27.5. The van der Waals surface area contributed by atoms with Crippen molar-refractivity contribution >= 4 is 17.8 Å². The van der Waals surface area contributed by atoms with Crippen LogP contribution in [0.5, 0.6) is 0 Å². The molecule has 1 heterocycles. The van der Waals surface area contributed by atoms with Gasteiger partial charge in [0, 0.05) is 5.56 Å². The first-order chi connectivity index (χ1) is 18.3. The molecule has 38 heavy (non-hydrogen) atoms. The van der Waals surface area contributed by atoms with Crippen LogP contribution >= 0.6 is 0 Å². The smallest absolute Gasteiger partial charge is 0.408 e. The van der Waals surface area contributed by atoms with Gasteiger partial charge in [-0.05, 0) is 37.0 Å². The number of rotatable bonds is 13. The average molecular weight is 521 g/mol.